The lowest BCUT2D eigenvalue weighted by molar-refractivity contribution is 0.101. The third-order valence-electron chi connectivity index (χ3n) is 4.69. The van der Waals surface area contributed by atoms with Gasteiger partial charge in [-0.2, -0.15) is 5.10 Å². The molecule has 4 nitrogen and oxygen atoms in total. The number of aromatic amines is 1. The van der Waals surface area contributed by atoms with Gasteiger partial charge in [0.1, 0.15) is 17.1 Å². The van der Waals surface area contributed by atoms with Crippen LogP contribution in [0, 0.1) is 15.4 Å². The van der Waals surface area contributed by atoms with Gasteiger partial charge in [0, 0.05) is 12.5 Å². The Hall–Kier alpha value is -1.37. The Kier molecular flexibility index (Phi) is 3.47. The van der Waals surface area contributed by atoms with Gasteiger partial charge < -0.3 is 4.74 Å². The first-order valence-electron chi connectivity index (χ1n) is 7.63. The SMILES string of the molecule is CC(=O)c1[nH]nc(-c2ccc(OC3CC4CC4C3)cc2)c1I. The van der Waals surface area contributed by atoms with Gasteiger partial charge in [-0.15, -0.1) is 0 Å². The standard InChI is InChI=1S/C17H17IN2O2/c1-9(21)16-15(18)17(20-19-16)10-2-4-13(5-3-10)22-14-7-11-6-12(11)8-14/h2-5,11-12,14H,6-8H2,1H3,(H,19,20). The molecule has 0 bridgehead atoms. The highest BCUT2D eigenvalue weighted by Crippen LogP contribution is 2.52. The van der Waals surface area contributed by atoms with E-state index in [1.807, 2.05) is 24.3 Å². The summed E-state index contributed by atoms with van der Waals surface area (Å²) in [5.74, 6) is 2.79. The van der Waals surface area contributed by atoms with Gasteiger partial charge in [-0.1, -0.05) is 0 Å². The molecule has 5 heteroatoms. The molecular formula is C17H17IN2O2. The lowest BCUT2D eigenvalue weighted by atomic mass is 10.1. The van der Waals surface area contributed by atoms with E-state index in [-0.39, 0.29) is 5.78 Å². The molecule has 1 aromatic heterocycles. The Morgan fingerprint density at radius 3 is 2.50 bits per heavy atom. The van der Waals surface area contributed by atoms with Gasteiger partial charge in [-0.3, -0.25) is 9.89 Å². The minimum atomic E-state index is 0.00269. The van der Waals surface area contributed by atoms with Crippen LogP contribution in [-0.4, -0.2) is 22.1 Å². The van der Waals surface area contributed by atoms with Crippen LogP contribution >= 0.6 is 22.6 Å². The van der Waals surface area contributed by atoms with Crippen LogP contribution in [0.1, 0.15) is 36.7 Å². The zero-order valence-corrected chi connectivity index (χ0v) is 14.5. The van der Waals surface area contributed by atoms with Gasteiger partial charge in [0.2, 0.25) is 0 Å². The van der Waals surface area contributed by atoms with Crippen LogP contribution in [0.4, 0.5) is 0 Å². The number of hydrogen-bond acceptors (Lipinski definition) is 3. The summed E-state index contributed by atoms with van der Waals surface area (Å²) in [7, 11) is 0. The fourth-order valence-electron chi connectivity index (χ4n) is 3.39. The average Bonchev–Trinajstić information content (AvgIpc) is 2.92. The highest BCUT2D eigenvalue weighted by atomic mass is 127. The van der Waals surface area contributed by atoms with Gasteiger partial charge in [-0.25, -0.2) is 0 Å². The van der Waals surface area contributed by atoms with E-state index < -0.39 is 0 Å². The molecule has 2 saturated carbocycles. The summed E-state index contributed by atoms with van der Waals surface area (Å²) in [4.78, 5) is 11.5. The van der Waals surface area contributed by atoms with Gasteiger partial charge in [0.05, 0.1) is 9.67 Å². The second-order valence-corrected chi connectivity index (χ2v) is 7.39. The van der Waals surface area contributed by atoms with E-state index in [9.17, 15) is 4.79 Å². The second-order valence-electron chi connectivity index (χ2n) is 6.31. The number of Topliss-reactive ketones (excluding diaryl/α,β-unsaturated/α-hetero) is 1. The molecule has 4 rings (SSSR count). The second kappa shape index (κ2) is 5.37. The molecule has 0 spiro atoms. The van der Waals surface area contributed by atoms with Crippen LogP contribution in [0.25, 0.3) is 11.3 Å². The van der Waals surface area contributed by atoms with E-state index in [0.717, 1.165) is 32.4 Å². The summed E-state index contributed by atoms with van der Waals surface area (Å²) < 4.78 is 6.93. The molecule has 2 atom stereocenters. The van der Waals surface area contributed by atoms with E-state index in [4.69, 9.17) is 4.74 Å². The van der Waals surface area contributed by atoms with Crippen molar-refractivity contribution in [3.63, 3.8) is 0 Å². The molecule has 1 heterocycles. The van der Waals surface area contributed by atoms with Crippen molar-refractivity contribution in [2.24, 2.45) is 11.8 Å². The van der Waals surface area contributed by atoms with Crippen molar-refractivity contribution < 1.29 is 9.53 Å². The van der Waals surface area contributed by atoms with E-state index in [1.165, 1.54) is 19.3 Å². The number of ketones is 1. The zero-order valence-electron chi connectivity index (χ0n) is 12.3. The number of fused-ring (bicyclic) bond motifs is 1. The number of nitrogens with zero attached hydrogens (tertiary/aromatic N) is 1. The third kappa shape index (κ3) is 2.55. The molecule has 0 amide bonds. The van der Waals surface area contributed by atoms with Crippen LogP contribution in [0.5, 0.6) is 5.75 Å². The molecule has 0 radical (unpaired) electrons. The predicted molar refractivity (Wildman–Crippen MR) is 92.0 cm³/mol. The maximum Gasteiger partial charge on any atom is 0.178 e. The maximum atomic E-state index is 11.5. The molecule has 22 heavy (non-hydrogen) atoms. The summed E-state index contributed by atoms with van der Waals surface area (Å²) in [6.07, 6.45) is 4.23. The van der Waals surface area contributed by atoms with E-state index in [0.29, 0.717) is 11.8 Å². The zero-order chi connectivity index (χ0) is 15.3. The molecule has 2 aliphatic rings. The largest absolute Gasteiger partial charge is 0.490 e. The Morgan fingerprint density at radius 1 is 1.23 bits per heavy atom. The quantitative estimate of drug-likeness (QED) is 0.613. The number of carbonyl (C=O) groups excluding carboxylic acids is 1. The van der Waals surface area contributed by atoms with Crippen molar-refractivity contribution in [1.82, 2.24) is 10.2 Å². The summed E-state index contributed by atoms with van der Waals surface area (Å²) in [6.45, 7) is 1.54. The Morgan fingerprint density at radius 2 is 1.91 bits per heavy atom. The first-order valence-corrected chi connectivity index (χ1v) is 8.71. The fourth-order valence-corrected chi connectivity index (χ4v) is 4.32. The van der Waals surface area contributed by atoms with Crippen LogP contribution in [-0.2, 0) is 0 Å². The number of nitrogens with one attached hydrogen (secondary N) is 1. The van der Waals surface area contributed by atoms with Crippen molar-refractivity contribution in [3.8, 4) is 17.0 Å². The number of benzene rings is 1. The summed E-state index contributed by atoms with van der Waals surface area (Å²) in [6, 6.07) is 8.01. The van der Waals surface area contributed by atoms with E-state index in [2.05, 4.69) is 32.8 Å². The Bertz CT molecular complexity index is 713. The minimum absolute atomic E-state index is 0.00269. The highest BCUT2D eigenvalue weighted by Gasteiger charge is 2.46. The number of hydrogen-bond donors (Lipinski definition) is 1. The Balaban J connectivity index is 1.50. The topological polar surface area (TPSA) is 55.0 Å². The minimum Gasteiger partial charge on any atom is -0.490 e. The molecule has 2 aromatic rings. The van der Waals surface area contributed by atoms with Crippen molar-refractivity contribution in [2.75, 3.05) is 0 Å². The summed E-state index contributed by atoms with van der Waals surface area (Å²) >= 11 is 2.16. The molecule has 114 valence electrons. The first kappa shape index (κ1) is 14.2. The fraction of sp³-hybridized carbons (Fsp3) is 0.412. The molecule has 1 aromatic carbocycles. The van der Waals surface area contributed by atoms with Gasteiger partial charge >= 0.3 is 0 Å². The number of H-pyrrole nitrogens is 1. The monoisotopic (exact) mass is 408 g/mol. The molecule has 0 saturated heterocycles. The molecule has 2 fully saturated rings. The highest BCUT2D eigenvalue weighted by molar-refractivity contribution is 14.1. The van der Waals surface area contributed by atoms with Crippen molar-refractivity contribution in [1.29, 1.82) is 0 Å². The Labute approximate surface area is 142 Å². The summed E-state index contributed by atoms with van der Waals surface area (Å²) in [5, 5.41) is 7.08. The molecule has 0 aliphatic heterocycles. The average molecular weight is 408 g/mol. The van der Waals surface area contributed by atoms with Crippen molar-refractivity contribution in [2.45, 2.75) is 32.3 Å². The lowest BCUT2D eigenvalue weighted by Gasteiger charge is -2.15. The number of halogens is 1. The van der Waals surface area contributed by atoms with Crippen LogP contribution in [0.3, 0.4) is 0 Å². The smallest absolute Gasteiger partial charge is 0.178 e. The first-order chi connectivity index (χ1) is 10.6. The number of aromatic nitrogens is 2. The normalized spacial score (nSPS) is 25.8. The van der Waals surface area contributed by atoms with E-state index in [1.54, 1.807) is 6.92 Å². The lowest BCUT2D eigenvalue weighted by Crippen LogP contribution is -2.13. The maximum absolute atomic E-state index is 11.5. The van der Waals surface area contributed by atoms with Crippen LogP contribution in [0.2, 0.25) is 0 Å². The van der Waals surface area contributed by atoms with Crippen molar-refractivity contribution in [3.05, 3.63) is 33.5 Å². The third-order valence-corrected chi connectivity index (χ3v) is 5.74. The predicted octanol–water partition coefficient (Wildman–Crippen LogP) is 4.06. The molecular weight excluding hydrogens is 391 g/mol. The van der Waals surface area contributed by atoms with Crippen LogP contribution < -0.4 is 4.74 Å². The van der Waals surface area contributed by atoms with Gasteiger partial charge in [0.15, 0.2) is 5.78 Å². The number of rotatable bonds is 4. The van der Waals surface area contributed by atoms with E-state index >= 15 is 0 Å². The molecule has 2 unspecified atom stereocenters. The van der Waals surface area contributed by atoms with Gasteiger partial charge in [0.25, 0.3) is 0 Å². The number of carbonyl (C=O) groups is 1. The molecule has 2 aliphatic carbocycles. The number of ether oxygens (including phenoxy) is 1. The van der Waals surface area contributed by atoms with Crippen molar-refractivity contribution >= 4 is 28.4 Å². The van der Waals surface area contributed by atoms with Gasteiger partial charge in [-0.05, 0) is 78.0 Å². The van der Waals surface area contributed by atoms with Crippen LogP contribution in [0.15, 0.2) is 24.3 Å². The summed E-state index contributed by atoms with van der Waals surface area (Å²) in [5.41, 5.74) is 2.38. The molecule has 1 N–H and O–H groups in total.